The minimum Gasteiger partial charge on any atom is -0.310 e. The Morgan fingerprint density at radius 1 is 0.127 bits per heavy atom. The first-order chi connectivity index (χ1) is 69.7. The molecule has 0 radical (unpaired) electrons. The van der Waals surface area contributed by atoms with Gasteiger partial charge < -0.3 is 14.7 Å². The lowest BCUT2D eigenvalue weighted by molar-refractivity contribution is 0.660. The second-order valence-electron chi connectivity index (χ2n) is 40.1. The van der Waals surface area contributed by atoms with Gasteiger partial charge in [-0.25, -0.2) is 0 Å². The lowest BCUT2D eigenvalue weighted by Gasteiger charge is -2.29. The van der Waals surface area contributed by atoms with E-state index in [1.54, 1.807) is 0 Å². The molecule has 0 heterocycles. The summed E-state index contributed by atoms with van der Waals surface area (Å²) in [5.74, 6) is 0. The van der Waals surface area contributed by atoms with Crippen LogP contribution in [-0.4, -0.2) is 0 Å². The molecule has 0 fully saturated rings. The van der Waals surface area contributed by atoms with Crippen molar-refractivity contribution in [1.82, 2.24) is 0 Å². The number of hydrogen-bond donors (Lipinski definition) is 0. The fourth-order valence-corrected chi connectivity index (χ4v) is 24.0. The predicted octanol–water partition coefficient (Wildman–Crippen LogP) is 38.9. The van der Waals surface area contributed by atoms with E-state index >= 15 is 0 Å². The molecule has 28 rings (SSSR count). The number of benzene rings is 25. The maximum atomic E-state index is 2.47. The summed E-state index contributed by atoms with van der Waals surface area (Å²) in [6, 6.07) is 185. The fraction of sp³-hybridized carbons (Fsp3) is 0.0647. The van der Waals surface area contributed by atoms with E-state index in [4.69, 9.17) is 0 Å². The van der Waals surface area contributed by atoms with E-state index in [1.807, 2.05) is 0 Å². The largest absolute Gasteiger partial charge is 0.310 e. The maximum Gasteiger partial charge on any atom is 0.0546 e. The smallest absolute Gasteiger partial charge is 0.0546 e. The van der Waals surface area contributed by atoms with Crippen molar-refractivity contribution in [2.45, 2.75) is 57.8 Å². The average Bonchev–Trinajstić information content (AvgIpc) is 1.53. The van der Waals surface area contributed by atoms with Gasteiger partial charge in [-0.3, -0.25) is 0 Å². The van der Waals surface area contributed by atoms with Gasteiger partial charge in [0, 0.05) is 66.5 Å². The molecule has 3 aliphatic rings. The summed E-state index contributed by atoms with van der Waals surface area (Å²) < 4.78 is 0. The molecule has 25 aromatic rings. The molecule has 3 heteroatoms. The third-order valence-corrected chi connectivity index (χ3v) is 31.1. The van der Waals surface area contributed by atoms with Gasteiger partial charge in [-0.1, -0.05) is 442 Å². The Hall–Kier alpha value is -17.5. The third-order valence-electron chi connectivity index (χ3n) is 31.1. The second-order valence-corrected chi connectivity index (χ2v) is 40.1. The summed E-state index contributed by atoms with van der Waals surface area (Å²) in [5, 5.41) is 25.2. The highest BCUT2D eigenvalue weighted by Gasteiger charge is 2.40. The molecule has 142 heavy (non-hydrogen) atoms. The molecule has 3 nitrogen and oxygen atoms in total. The average molecular weight is 1810 g/mol. The Kier molecular flexibility index (Phi) is 20.3. The van der Waals surface area contributed by atoms with Crippen LogP contribution in [0.4, 0.5) is 51.2 Å². The first-order valence-electron chi connectivity index (χ1n) is 49.7. The Bertz CT molecular complexity index is 9390. The van der Waals surface area contributed by atoms with Gasteiger partial charge in [0.2, 0.25) is 0 Å². The molecule has 0 aromatic heterocycles. The van der Waals surface area contributed by atoms with Gasteiger partial charge in [0.15, 0.2) is 0 Å². The van der Waals surface area contributed by atoms with E-state index < -0.39 is 0 Å². The van der Waals surface area contributed by atoms with Crippen LogP contribution in [0.1, 0.15) is 74.9 Å². The number of fused-ring (bicyclic) bond motifs is 23. The van der Waals surface area contributed by atoms with Crippen LogP contribution in [-0.2, 0) is 16.2 Å². The highest BCUT2D eigenvalue weighted by Crippen LogP contribution is 2.57. The lowest BCUT2D eigenvalue weighted by atomic mass is 9.82. The molecule has 0 spiro atoms. The highest BCUT2D eigenvalue weighted by atomic mass is 15.2. The number of rotatable bonds is 12. The lowest BCUT2D eigenvalue weighted by Crippen LogP contribution is -2.16. The van der Waals surface area contributed by atoms with E-state index in [1.165, 1.54) is 231 Å². The molecular weight excluding hydrogens is 1710 g/mol. The first-order valence-corrected chi connectivity index (χ1v) is 49.7. The van der Waals surface area contributed by atoms with Crippen molar-refractivity contribution in [3.8, 4) is 66.8 Å². The SMILES string of the molecule is CC1(C)c2ccccc2-c2ccc(N(c3ccc(-c4cc5ccccc5c5ccccc45)cc3)c3cc4ccccc4c4ccccc34)cc21.CC1(C)c2ccccc2-c2ccc(N(c3ccc(-c4ccc5ccccc5c4)cc3)c3cc4ccccc4c4ccccc34)cc21.CC1(C)c2ccccc2-c2ccc(N(c3ccc(-c4cccc5ccccc45)cc3)c3cc4ccccc4c4ccccc34)cc21. The van der Waals surface area contributed by atoms with Crippen LogP contribution in [0.15, 0.2) is 504 Å². The van der Waals surface area contributed by atoms with Crippen molar-refractivity contribution in [3.05, 3.63) is 537 Å². The van der Waals surface area contributed by atoms with Crippen molar-refractivity contribution < 1.29 is 0 Å². The number of anilines is 9. The van der Waals surface area contributed by atoms with Crippen LogP contribution in [0.2, 0.25) is 0 Å². The van der Waals surface area contributed by atoms with Gasteiger partial charge in [-0.2, -0.15) is 0 Å². The van der Waals surface area contributed by atoms with Gasteiger partial charge in [-0.15, -0.1) is 0 Å². The highest BCUT2D eigenvalue weighted by molar-refractivity contribution is 6.19. The van der Waals surface area contributed by atoms with Crippen LogP contribution in [0, 0.1) is 0 Å². The van der Waals surface area contributed by atoms with E-state index in [-0.39, 0.29) is 16.2 Å². The molecule has 672 valence electrons. The number of hydrogen-bond acceptors (Lipinski definition) is 3. The molecule has 0 saturated heterocycles. The summed E-state index contributed by atoms with van der Waals surface area (Å²) in [6.45, 7) is 14.2. The number of nitrogens with zero attached hydrogens (tertiary/aromatic N) is 3. The Balaban J connectivity index is 0.000000109. The van der Waals surface area contributed by atoms with Gasteiger partial charge in [0.1, 0.15) is 0 Å². The molecule has 0 aliphatic heterocycles. The monoisotopic (exact) mass is 1810 g/mol. The van der Waals surface area contributed by atoms with Crippen LogP contribution in [0.5, 0.6) is 0 Å². The molecule has 0 bridgehead atoms. The van der Waals surface area contributed by atoms with Crippen molar-refractivity contribution in [3.63, 3.8) is 0 Å². The molecule has 3 aliphatic carbocycles. The summed E-state index contributed by atoms with van der Waals surface area (Å²) in [7, 11) is 0. The van der Waals surface area contributed by atoms with Crippen molar-refractivity contribution in [1.29, 1.82) is 0 Å². The van der Waals surface area contributed by atoms with Crippen LogP contribution >= 0.6 is 0 Å². The minimum atomic E-state index is -0.0972. The van der Waals surface area contributed by atoms with Gasteiger partial charge >= 0.3 is 0 Å². The summed E-state index contributed by atoms with van der Waals surface area (Å²) in [6.07, 6.45) is 0. The zero-order chi connectivity index (χ0) is 95.1. The van der Waals surface area contributed by atoms with Crippen LogP contribution in [0.3, 0.4) is 0 Å². The summed E-state index contributed by atoms with van der Waals surface area (Å²) in [4.78, 5) is 7.38. The summed E-state index contributed by atoms with van der Waals surface area (Å²) >= 11 is 0. The van der Waals surface area contributed by atoms with Crippen molar-refractivity contribution >= 4 is 159 Å². The fourth-order valence-electron chi connectivity index (χ4n) is 24.0. The van der Waals surface area contributed by atoms with Gasteiger partial charge in [0.05, 0.1) is 17.1 Å². The maximum absolute atomic E-state index is 2.47. The van der Waals surface area contributed by atoms with Crippen molar-refractivity contribution in [2.75, 3.05) is 14.7 Å². The van der Waals surface area contributed by atoms with Gasteiger partial charge in [0.25, 0.3) is 0 Å². The molecule has 0 amide bonds. The normalized spacial score (nSPS) is 13.2. The standard InChI is InChI=1S/C49H35N.2C45H33N/c1-49(2)46-22-12-11-20-42(46)43-28-27-36(31-47(43)49)50(48-30-34-14-4-6-16-38(34)40-18-9-10-21-44(40)48)35-25-23-32(24-26-35)45-29-33-13-3-5-15-37(33)39-17-7-8-19-41(39)45;1-45(2)42-21-10-9-18-39(42)40-27-26-34(29-43(40)45)46(44-28-32-13-4-6-16-37(32)38-17-7-8-19-41(38)44)33-24-22-31(23-25-33)36-20-11-14-30-12-3-5-15-35(30)36;1-45(2)42-18-10-9-16-39(42)40-26-25-36(29-43(40)45)46(44-28-34-13-5-6-14-37(34)38-15-7-8-17-41(38)44)35-23-21-31(22-24-35)33-20-19-30-11-3-4-12-32(30)27-33/h3-31H,1-2H3;2*3-29H,1-2H3. The molecular formula is C139H101N3. The van der Waals surface area contributed by atoms with Gasteiger partial charge in [-0.05, 0) is 295 Å². The Morgan fingerprint density at radius 2 is 0.380 bits per heavy atom. The molecule has 25 aromatic carbocycles. The van der Waals surface area contributed by atoms with E-state index in [2.05, 4.69) is 560 Å². The van der Waals surface area contributed by atoms with Crippen LogP contribution < -0.4 is 14.7 Å². The molecule has 0 unspecified atom stereocenters. The predicted molar refractivity (Wildman–Crippen MR) is 607 cm³/mol. The Morgan fingerprint density at radius 3 is 0.768 bits per heavy atom. The van der Waals surface area contributed by atoms with Crippen LogP contribution in [0.25, 0.3) is 174 Å². The quantitative estimate of drug-likeness (QED) is 0.113. The zero-order valence-corrected chi connectivity index (χ0v) is 80.3. The Labute approximate surface area is 829 Å². The molecule has 0 saturated carbocycles. The molecule has 0 atom stereocenters. The van der Waals surface area contributed by atoms with Crippen molar-refractivity contribution in [2.24, 2.45) is 0 Å². The first kappa shape index (κ1) is 85.0. The minimum absolute atomic E-state index is 0.0843. The van der Waals surface area contributed by atoms with E-state index in [0.717, 1.165) is 28.4 Å². The molecule has 0 N–H and O–H groups in total. The zero-order valence-electron chi connectivity index (χ0n) is 80.3. The summed E-state index contributed by atoms with van der Waals surface area (Å²) in [5.41, 5.74) is 33.9. The third kappa shape index (κ3) is 14.1. The topological polar surface area (TPSA) is 9.72 Å². The second kappa shape index (κ2) is 34.0. The van der Waals surface area contributed by atoms with E-state index in [9.17, 15) is 0 Å². The van der Waals surface area contributed by atoms with E-state index in [0.29, 0.717) is 0 Å².